The molecular weight excluding hydrogens is 176 g/mol. The fourth-order valence-electron chi connectivity index (χ4n) is 1.16. The molecule has 1 rings (SSSR count). The van der Waals surface area contributed by atoms with E-state index in [9.17, 15) is 0 Å². The molecule has 0 saturated heterocycles. The first-order chi connectivity index (χ1) is 6.70. The molecule has 0 bridgehead atoms. The van der Waals surface area contributed by atoms with E-state index < -0.39 is 0 Å². The number of aryl methyl sites for hydroxylation is 1. The van der Waals surface area contributed by atoms with Gasteiger partial charge in [0.25, 0.3) is 0 Å². The maximum absolute atomic E-state index is 4.00. The Morgan fingerprint density at radius 2 is 2.36 bits per heavy atom. The van der Waals surface area contributed by atoms with E-state index in [0.717, 1.165) is 31.8 Å². The molecule has 1 heterocycles. The number of hydrogen-bond acceptors (Lipinski definition) is 3. The minimum absolute atomic E-state index is 0.923. The van der Waals surface area contributed by atoms with Gasteiger partial charge in [-0.15, -0.1) is 16.8 Å². The molecule has 0 saturated carbocycles. The Balaban J connectivity index is 2.10. The lowest BCUT2D eigenvalue weighted by atomic mass is 10.2. The van der Waals surface area contributed by atoms with Crippen molar-refractivity contribution in [3.8, 4) is 0 Å². The van der Waals surface area contributed by atoms with Crippen molar-refractivity contribution in [3.05, 3.63) is 24.3 Å². The van der Waals surface area contributed by atoms with Crippen molar-refractivity contribution < 1.29 is 0 Å². The van der Waals surface area contributed by atoms with Crippen molar-refractivity contribution in [2.75, 3.05) is 13.1 Å². The third-order valence-electron chi connectivity index (χ3n) is 2.06. The third kappa shape index (κ3) is 3.70. The average Bonchev–Trinajstić information content (AvgIpc) is 2.51. The van der Waals surface area contributed by atoms with E-state index in [0.29, 0.717) is 0 Å². The zero-order chi connectivity index (χ0) is 10.4. The highest BCUT2D eigenvalue weighted by Crippen LogP contribution is 1.93. The first-order valence-corrected chi connectivity index (χ1v) is 4.88. The van der Waals surface area contributed by atoms with Crippen molar-refractivity contribution >= 4 is 0 Å². The Hall–Kier alpha value is -1.16. The molecule has 0 fully saturated rings. The van der Waals surface area contributed by atoms with E-state index in [1.807, 2.05) is 18.5 Å². The van der Waals surface area contributed by atoms with E-state index in [4.69, 9.17) is 0 Å². The van der Waals surface area contributed by atoms with Gasteiger partial charge in [-0.25, -0.2) is 0 Å². The molecule has 0 spiro atoms. The molecule has 78 valence electrons. The van der Waals surface area contributed by atoms with Gasteiger partial charge in [-0.2, -0.15) is 0 Å². The molecule has 0 aromatic carbocycles. The highest BCUT2D eigenvalue weighted by Gasteiger charge is 1.98. The summed E-state index contributed by atoms with van der Waals surface area (Å²) in [6.07, 6.45) is 3.69. The highest BCUT2D eigenvalue weighted by molar-refractivity contribution is 4.89. The van der Waals surface area contributed by atoms with E-state index in [1.54, 1.807) is 6.33 Å². The largest absolute Gasteiger partial charge is 0.321 e. The molecule has 0 aliphatic heterocycles. The molecular formula is C10H18N4. The van der Waals surface area contributed by atoms with Gasteiger partial charge >= 0.3 is 0 Å². The molecule has 0 aliphatic carbocycles. The summed E-state index contributed by atoms with van der Waals surface area (Å²) in [4.78, 5) is 0. The quantitative estimate of drug-likeness (QED) is 0.541. The van der Waals surface area contributed by atoms with Crippen LogP contribution >= 0.6 is 0 Å². The van der Waals surface area contributed by atoms with Crippen LogP contribution in [0.3, 0.4) is 0 Å². The molecule has 4 heteroatoms. The minimum atomic E-state index is 0.923. The first kappa shape index (κ1) is 10.9. The van der Waals surface area contributed by atoms with Crippen LogP contribution in [-0.2, 0) is 13.5 Å². The summed E-state index contributed by atoms with van der Waals surface area (Å²) in [5.41, 5.74) is 1.22. The molecule has 14 heavy (non-hydrogen) atoms. The number of hydrogen-bond donors (Lipinski definition) is 1. The van der Waals surface area contributed by atoms with Gasteiger partial charge < -0.3 is 9.88 Å². The molecule has 0 atom stereocenters. The van der Waals surface area contributed by atoms with Gasteiger partial charge in [0.2, 0.25) is 0 Å². The van der Waals surface area contributed by atoms with Gasteiger partial charge in [-0.3, -0.25) is 0 Å². The molecule has 0 amide bonds. The molecule has 1 N–H and O–H groups in total. The van der Waals surface area contributed by atoms with Crippen molar-refractivity contribution in [2.24, 2.45) is 7.05 Å². The molecule has 0 unspecified atom stereocenters. The molecule has 1 aromatic heterocycles. The summed E-state index contributed by atoms with van der Waals surface area (Å²) in [5, 5.41) is 11.2. The maximum Gasteiger partial charge on any atom is 0.133 e. The van der Waals surface area contributed by atoms with E-state index in [1.165, 1.54) is 5.57 Å². The van der Waals surface area contributed by atoms with E-state index in [2.05, 4.69) is 22.1 Å². The Bertz CT molecular complexity index is 290. The van der Waals surface area contributed by atoms with Crippen LogP contribution in [0, 0.1) is 0 Å². The zero-order valence-corrected chi connectivity index (χ0v) is 8.95. The standard InChI is InChI=1S/C10H18N4/c1-9(2)4-6-11-7-5-10-13-12-8-14(10)3/h8,11H,1,4-7H2,2-3H3. The smallest absolute Gasteiger partial charge is 0.133 e. The highest BCUT2D eigenvalue weighted by atomic mass is 15.2. The van der Waals surface area contributed by atoms with Crippen LogP contribution in [0.4, 0.5) is 0 Å². The molecule has 0 aliphatic rings. The van der Waals surface area contributed by atoms with Gasteiger partial charge in [0.15, 0.2) is 0 Å². The fourth-order valence-corrected chi connectivity index (χ4v) is 1.16. The third-order valence-corrected chi connectivity index (χ3v) is 2.06. The summed E-state index contributed by atoms with van der Waals surface area (Å²) in [6, 6.07) is 0. The fraction of sp³-hybridized carbons (Fsp3) is 0.600. The monoisotopic (exact) mass is 194 g/mol. The van der Waals surface area contributed by atoms with Crippen molar-refractivity contribution in [2.45, 2.75) is 19.8 Å². The number of nitrogens with zero attached hydrogens (tertiary/aromatic N) is 3. The molecule has 4 nitrogen and oxygen atoms in total. The molecule has 0 radical (unpaired) electrons. The second kappa shape index (κ2) is 5.54. The number of aromatic nitrogens is 3. The Labute approximate surface area is 85.0 Å². The Kier molecular flexibility index (Phi) is 4.32. The van der Waals surface area contributed by atoms with Gasteiger partial charge in [0, 0.05) is 20.0 Å². The van der Waals surface area contributed by atoms with Crippen LogP contribution < -0.4 is 5.32 Å². The van der Waals surface area contributed by atoms with Crippen LogP contribution in [0.2, 0.25) is 0 Å². The van der Waals surface area contributed by atoms with Crippen molar-refractivity contribution in [3.63, 3.8) is 0 Å². The van der Waals surface area contributed by atoms with Crippen LogP contribution in [0.15, 0.2) is 18.5 Å². The second-order valence-electron chi connectivity index (χ2n) is 3.57. The summed E-state index contributed by atoms with van der Waals surface area (Å²) in [7, 11) is 1.96. The lowest BCUT2D eigenvalue weighted by Gasteiger charge is -2.03. The van der Waals surface area contributed by atoms with Crippen LogP contribution in [0.25, 0.3) is 0 Å². The van der Waals surface area contributed by atoms with Crippen LogP contribution in [0.1, 0.15) is 19.2 Å². The maximum atomic E-state index is 4.00. The first-order valence-electron chi connectivity index (χ1n) is 4.88. The van der Waals surface area contributed by atoms with Gasteiger partial charge in [-0.1, -0.05) is 5.57 Å². The van der Waals surface area contributed by atoms with Crippen LogP contribution in [-0.4, -0.2) is 27.9 Å². The lowest BCUT2D eigenvalue weighted by molar-refractivity contribution is 0.650. The van der Waals surface area contributed by atoms with Crippen molar-refractivity contribution in [1.82, 2.24) is 20.1 Å². The molecule has 1 aromatic rings. The van der Waals surface area contributed by atoms with Gasteiger partial charge in [0.1, 0.15) is 12.2 Å². The zero-order valence-electron chi connectivity index (χ0n) is 8.95. The number of nitrogens with one attached hydrogen (secondary N) is 1. The minimum Gasteiger partial charge on any atom is -0.321 e. The lowest BCUT2D eigenvalue weighted by Crippen LogP contribution is -2.19. The SMILES string of the molecule is C=C(C)CCNCCc1nncn1C. The topological polar surface area (TPSA) is 42.7 Å². The van der Waals surface area contributed by atoms with Crippen LogP contribution in [0.5, 0.6) is 0 Å². The Morgan fingerprint density at radius 1 is 1.57 bits per heavy atom. The second-order valence-corrected chi connectivity index (χ2v) is 3.57. The predicted octanol–water partition coefficient (Wildman–Crippen LogP) is 0.913. The predicted molar refractivity (Wildman–Crippen MR) is 57.0 cm³/mol. The number of rotatable bonds is 6. The summed E-state index contributed by atoms with van der Waals surface area (Å²) in [5.74, 6) is 1.02. The summed E-state index contributed by atoms with van der Waals surface area (Å²) in [6.45, 7) is 7.83. The van der Waals surface area contributed by atoms with E-state index in [-0.39, 0.29) is 0 Å². The normalized spacial score (nSPS) is 10.4. The Morgan fingerprint density at radius 3 is 2.93 bits per heavy atom. The van der Waals surface area contributed by atoms with E-state index >= 15 is 0 Å². The average molecular weight is 194 g/mol. The summed E-state index contributed by atoms with van der Waals surface area (Å²) >= 11 is 0. The summed E-state index contributed by atoms with van der Waals surface area (Å²) < 4.78 is 1.94. The van der Waals surface area contributed by atoms with Gasteiger partial charge in [0.05, 0.1) is 0 Å². The van der Waals surface area contributed by atoms with Gasteiger partial charge in [-0.05, 0) is 19.9 Å². The van der Waals surface area contributed by atoms with Crippen molar-refractivity contribution in [1.29, 1.82) is 0 Å².